The van der Waals surface area contributed by atoms with Crippen LogP contribution in [0.1, 0.15) is 24.3 Å². The van der Waals surface area contributed by atoms with Crippen molar-refractivity contribution in [1.29, 1.82) is 0 Å². The van der Waals surface area contributed by atoms with Crippen LogP contribution in [0.2, 0.25) is 0 Å². The number of aliphatic hydroxyl groups is 1. The molecule has 0 unspecified atom stereocenters. The van der Waals surface area contributed by atoms with Gasteiger partial charge in [-0.1, -0.05) is 6.07 Å². The van der Waals surface area contributed by atoms with Crippen molar-refractivity contribution in [3.63, 3.8) is 0 Å². The molecular weight excluding hydrogens is 314 g/mol. The highest BCUT2D eigenvalue weighted by atomic mass is 16.7. The molecule has 2 aliphatic heterocycles. The largest absolute Gasteiger partial charge is 0.454 e. The van der Waals surface area contributed by atoms with Crippen LogP contribution in [0.25, 0.3) is 0 Å². The average Bonchev–Trinajstić information content (AvgIpc) is 3.01. The van der Waals surface area contributed by atoms with Crippen molar-refractivity contribution in [2.45, 2.75) is 24.9 Å². The summed E-state index contributed by atoms with van der Waals surface area (Å²) in [5.74, 6) is 1.25. The Morgan fingerprint density at radius 1 is 1.33 bits per heavy atom. The smallest absolute Gasteiger partial charge is 0.312 e. The van der Waals surface area contributed by atoms with Crippen LogP contribution in [0.3, 0.4) is 0 Å². The summed E-state index contributed by atoms with van der Waals surface area (Å²) in [6.07, 6.45) is 0.187. The van der Waals surface area contributed by atoms with Gasteiger partial charge in [-0.05, 0) is 24.1 Å². The van der Waals surface area contributed by atoms with Gasteiger partial charge in [-0.25, -0.2) is 4.79 Å². The average molecular weight is 335 g/mol. The zero-order valence-corrected chi connectivity index (χ0v) is 13.2. The zero-order chi connectivity index (χ0) is 17.1. The number of carbonyl (C=O) groups is 2. The van der Waals surface area contributed by atoms with Crippen LogP contribution in [0.4, 0.5) is 4.79 Å². The van der Waals surface area contributed by atoms with Crippen LogP contribution >= 0.6 is 0 Å². The standard InChI is InChI=1S/C16H21N3O5/c17-16(22)18-5-3-15(21)19-6-4-11(12(20)8-19)10-1-2-13-14(7-10)24-9-23-13/h1-2,7,11-12,20H,3-6,8-9H2,(H3,17,18,22)/t11-,12+/m0/s1. The zero-order valence-electron chi connectivity index (χ0n) is 13.2. The molecule has 1 aromatic carbocycles. The van der Waals surface area contributed by atoms with Gasteiger partial charge in [0.15, 0.2) is 11.5 Å². The molecule has 0 saturated carbocycles. The molecule has 1 aromatic rings. The number of hydrogen-bond acceptors (Lipinski definition) is 5. The number of ether oxygens (including phenoxy) is 2. The molecule has 2 atom stereocenters. The van der Waals surface area contributed by atoms with Gasteiger partial charge < -0.3 is 30.5 Å². The number of piperidine rings is 1. The fourth-order valence-corrected chi connectivity index (χ4v) is 3.14. The van der Waals surface area contributed by atoms with Gasteiger partial charge in [0.25, 0.3) is 0 Å². The van der Waals surface area contributed by atoms with Crippen molar-refractivity contribution in [1.82, 2.24) is 10.2 Å². The molecule has 0 aromatic heterocycles. The lowest BCUT2D eigenvalue weighted by Crippen LogP contribution is -2.46. The van der Waals surface area contributed by atoms with E-state index in [0.29, 0.717) is 24.5 Å². The fraction of sp³-hybridized carbons (Fsp3) is 0.500. The first kappa shape index (κ1) is 16.4. The molecule has 0 spiro atoms. The normalized spacial score (nSPS) is 22.3. The molecule has 0 bridgehead atoms. The lowest BCUT2D eigenvalue weighted by Gasteiger charge is -2.36. The first-order valence-electron chi connectivity index (χ1n) is 7.93. The summed E-state index contributed by atoms with van der Waals surface area (Å²) in [5, 5.41) is 12.8. The van der Waals surface area contributed by atoms with E-state index in [1.165, 1.54) is 0 Å². The van der Waals surface area contributed by atoms with E-state index in [0.717, 1.165) is 5.56 Å². The Morgan fingerprint density at radius 3 is 2.88 bits per heavy atom. The van der Waals surface area contributed by atoms with Crippen LogP contribution < -0.4 is 20.5 Å². The minimum atomic E-state index is -0.649. The van der Waals surface area contributed by atoms with Crippen molar-refractivity contribution in [3.8, 4) is 11.5 Å². The van der Waals surface area contributed by atoms with E-state index in [2.05, 4.69) is 5.32 Å². The van der Waals surface area contributed by atoms with E-state index in [4.69, 9.17) is 15.2 Å². The molecule has 2 aliphatic rings. The molecule has 2 heterocycles. The summed E-state index contributed by atoms with van der Waals surface area (Å²) >= 11 is 0. The number of likely N-dealkylation sites (tertiary alicyclic amines) is 1. The number of nitrogens with zero attached hydrogens (tertiary/aromatic N) is 1. The first-order valence-corrected chi connectivity index (χ1v) is 7.93. The number of hydrogen-bond donors (Lipinski definition) is 3. The van der Waals surface area contributed by atoms with Crippen molar-refractivity contribution in [2.75, 3.05) is 26.4 Å². The molecule has 1 saturated heterocycles. The number of aliphatic hydroxyl groups excluding tert-OH is 1. The van der Waals surface area contributed by atoms with Gasteiger partial charge in [0, 0.05) is 32.0 Å². The molecule has 4 N–H and O–H groups in total. The minimum Gasteiger partial charge on any atom is -0.454 e. The topological polar surface area (TPSA) is 114 Å². The van der Waals surface area contributed by atoms with Crippen LogP contribution in [0.15, 0.2) is 18.2 Å². The Bertz CT molecular complexity index is 636. The third-order valence-electron chi connectivity index (χ3n) is 4.40. The molecular formula is C16H21N3O5. The van der Waals surface area contributed by atoms with Gasteiger partial charge in [-0.2, -0.15) is 0 Å². The van der Waals surface area contributed by atoms with Crippen LogP contribution in [-0.4, -0.2) is 54.5 Å². The second-order valence-corrected chi connectivity index (χ2v) is 5.96. The highest BCUT2D eigenvalue weighted by Gasteiger charge is 2.31. The Balaban J connectivity index is 1.57. The predicted molar refractivity (Wildman–Crippen MR) is 84.7 cm³/mol. The molecule has 8 heteroatoms. The number of nitrogens with two attached hydrogens (primary N) is 1. The highest BCUT2D eigenvalue weighted by molar-refractivity contribution is 5.78. The lowest BCUT2D eigenvalue weighted by atomic mass is 9.87. The van der Waals surface area contributed by atoms with Crippen molar-refractivity contribution in [3.05, 3.63) is 23.8 Å². The Morgan fingerprint density at radius 2 is 2.12 bits per heavy atom. The number of β-amino-alcohol motifs (C(OH)–C–C–N with tert-alkyl or cyclic N) is 1. The highest BCUT2D eigenvalue weighted by Crippen LogP contribution is 2.37. The van der Waals surface area contributed by atoms with E-state index >= 15 is 0 Å². The number of primary amides is 1. The number of urea groups is 1. The van der Waals surface area contributed by atoms with E-state index in [1.54, 1.807) is 4.90 Å². The van der Waals surface area contributed by atoms with Gasteiger partial charge in [0.2, 0.25) is 12.7 Å². The Kier molecular flexibility index (Phi) is 4.75. The van der Waals surface area contributed by atoms with Gasteiger partial charge in [-0.3, -0.25) is 4.79 Å². The van der Waals surface area contributed by atoms with E-state index in [9.17, 15) is 14.7 Å². The van der Waals surface area contributed by atoms with Crippen molar-refractivity contribution < 1.29 is 24.2 Å². The summed E-state index contributed by atoms with van der Waals surface area (Å²) in [7, 11) is 0. The van der Waals surface area contributed by atoms with E-state index < -0.39 is 12.1 Å². The van der Waals surface area contributed by atoms with E-state index in [-0.39, 0.29) is 38.1 Å². The summed E-state index contributed by atoms with van der Waals surface area (Å²) < 4.78 is 10.7. The van der Waals surface area contributed by atoms with Gasteiger partial charge in [0.1, 0.15) is 0 Å². The number of amides is 3. The van der Waals surface area contributed by atoms with Crippen LogP contribution in [0.5, 0.6) is 11.5 Å². The lowest BCUT2D eigenvalue weighted by molar-refractivity contribution is -0.134. The van der Waals surface area contributed by atoms with Gasteiger partial charge >= 0.3 is 6.03 Å². The second-order valence-electron chi connectivity index (χ2n) is 5.96. The molecule has 24 heavy (non-hydrogen) atoms. The summed E-state index contributed by atoms with van der Waals surface area (Å²) in [5.41, 5.74) is 5.95. The predicted octanol–water partition coefficient (Wildman–Crippen LogP) is 0.150. The molecule has 3 rings (SSSR count). The number of benzene rings is 1. The van der Waals surface area contributed by atoms with Crippen LogP contribution in [0, 0.1) is 0 Å². The summed E-state index contributed by atoms with van der Waals surface area (Å²) in [6.45, 7) is 1.25. The Hall–Kier alpha value is -2.48. The number of fused-ring (bicyclic) bond motifs is 1. The molecule has 0 aliphatic carbocycles. The maximum Gasteiger partial charge on any atom is 0.312 e. The molecule has 0 radical (unpaired) electrons. The quantitative estimate of drug-likeness (QED) is 0.725. The van der Waals surface area contributed by atoms with Crippen molar-refractivity contribution >= 4 is 11.9 Å². The fourth-order valence-electron chi connectivity index (χ4n) is 3.14. The Labute approximate surface area is 139 Å². The third kappa shape index (κ3) is 3.53. The maximum atomic E-state index is 12.1. The minimum absolute atomic E-state index is 0.0488. The first-order chi connectivity index (χ1) is 11.5. The number of nitrogens with one attached hydrogen (secondary N) is 1. The molecule has 3 amide bonds. The number of carbonyl (C=O) groups excluding carboxylic acids is 2. The SMILES string of the molecule is NC(=O)NCCC(=O)N1CC[C@@H](c2ccc3c(c2)OCO3)[C@H](O)C1. The summed E-state index contributed by atoms with van der Waals surface area (Å²) in [4.78, 5) is 24.3. The molecule has 130 valence electrons. The monoisotopic (exact) mass is 335 g/mol. The number of rotatable bonds is 4. The second kappa shape index (κ2) is 6.96. The van der Waals surface area contributed by atoms with Gasteiger partial charge in [0.05, 0.1) is 6.10 Å². The summed E-state index contributed by atoms with van der Waals surface area (Å²) in [6, 6.07) is 5.02. The van der Waals surface area contributed by atoms with Crippen molar-refractivity contribution in [2.24, 2.45) is 5.73 Å². The van der Waals surface area contributed by atoms with E-state index in [1.807, 2.05) is 18.2 Å². The third-order valence-corrected chi connectivity index (χ3v) is 4.40. The van der Waals surface area contributed by atoms with Gasteiger partial charge in [-0.15, -0.1) is 0 Å². The molecule has 8 nitrogen and oxygen atoms in total. The maximum absolute atomic E-state index is 12.1. The van der Waals surface area contributed by atoms with Crippen LogP contribution in [-0.2, 0) is 4.79 Å². The molecule has 1 fully saturated rings.